The summed E-state index contributed by atoms with van der Waals surface area (Å²) in [5.41, 5.74) is 0.995. The van der Waals surface area contributed by atoms with Crippen LogP contribution in [0, 0.1) is 6.92 Å². The van der Waals surface area contributed by atoms with E-state index in [1.807, 2.05) is 13.0 Å². The van der Waals surface area contributed by atoms with Crippen LogP contribution in [0.2, 0.25) is 0 Å². The minimum Gasteiger partial charge on any atom is -0.361 e. The summed E-state index contributed by atoms with van der Waals surface area (Å²) >= 11 is 0. The number of nitrogens with zero attached hydrogens (tertiary/aromatic N) is 1. The average molecular weight is 192 g/mol. The topological polar surface area (TPSA) is 38.1 Å². The van der Waals surface area contributed by atoms with E-state index in [-0.39, 0.29) is 6.04 Å². The van der Waals surface area contributed by atoms with E-state index < -0.39 is 0 Å². The van der Waals surface area contributed by atoms with Crippen molar-refractivity contribution in [2.75, 3.05) is 0 Å². The van der Waals surface area contributed by atoms with Gasteiger partial charge in [0.1, 0.15) is 11.5 Å². The Balaban J connectivity index is 1.92. The summed E-state index contributed by atoms with van der Waals surface area (Å²) in [6, 6.07) is 2.83. The van der Waals surface area contributed by atoms with Crippen LogP contribution in [-0.4, -0.2) is 11.2 Å². The van der Waals surface area contributed by atoms with E-state index in [4.69, 9.17) is 4.52 Å². The van der Waals surface area contributed by atoms with Crippen molar-refractivity contribution in [2.24, 2.45) is 0 Å². The Bertz CT molecular complexity index is 322. The lowest BCUT2D eigenvalue weighted by Gasteiger charge is -2.16. The first-order valence-corrected chi connectivity index (χ1v) is 5.10. The zero-order chi connectivity index (χ0) is 9.97. The third kappa shape index (κ3) is 2.04. The van der Waals surface area contributed by atoms with Crippen molar-refractivity contribution in [3.63, 3.8) is 0 Å². The summed E-state index contributed by atoms with van der Waals surface area (Å²) in [6.45, 7) is 4.04. The molecule has 1 heterocycles. The summed E-state index contributed by atoms with van der Waals surface area (Å²) < 4.78 is 5.04. The summed E-state index contributed by atoms with van der Waals surface area (Å²) in [5, 5.41) is 7.52. The van der Waals surface area contributed by atoms with Gasteiger partial charge in [-0.3, -0.25) is 0 Å². The van der Waals surface area contributed by atoms with E-state index in [0.717, 1.165) is 24.3 Å². The van der Waals surface area contributed by atoms with Gasteiger partial charge in [-0.1, -0.05) is 17.3 Å². The first-order chi connectivity index (χ1) is 6.75. The van der Waals surface area contributed by atoms with Gasteiger partial charge in [0.05, 0.1) is 6.04 Å². The fourth-order valence-corrected chi connectivity index (χ4v) is 1.78. The van der Waals surface area contributed by atoms with E-state index in [0.29, 0.717) is 6.04 Å². The Hall–Kier alpha value is -1.09. The summed E-state index contributed by atoms with van der Waals surface area (Å²) in [6.07, 6.45) is 6.69. The smallest absolute Gasteiger partial charge is 0.133 e. The highest BCUT2D eigenvalue weighted by molar-refractivity contribution is 5.09. The van der Waals surface area contributed by atoms with Crippen LogP contribution in [0.1, 0.15) is 37.3 Å². The Morgan fingerprint density at radius 1 is 1.50 bits per heavy atom. The molecule has 76 valence electrons. The zero-order valence-corrected chi connectivity index (χ0v) is 8.66. The maximum atomic E-state index is 5.04. The molecule has 2 rings (SSSR count). The van der Waals surface area contributed by atoms with Gasteiger partial charge in [0, 0.05) is 12.1 Å². The van der Waals surface area contributed by atoms with Crippen molar-refractivity contribution in [3.8, 4) is 0 Å². The Morgan fingerprint density at radius 3 is 2.79 bits per heavy atom. The lowest BCUT2D eigenvalue weighted by molar-refractivity contribution is 0.374. The highest BCUT2D eigenvalue weighted by Crippen LogP contribution is 2.17. The Kier molecular flexibility index (Phi) is 2.68. The Morgan fingerprint density at radius 2 is 2.21 bits per heavy atom. The van der Waals surface area contributed by atoms with Gasteiger partial charge in [0.2, 0.25) is 0 Å². The second-order valence-corrected chi connectivity index (χ2v) is 3.89. The molecule has 0 saturated heterocycles. The number of aryl methyl sites for hydroxylation is 1. The normalized spacial score (nSPS) is 19.0. The van der Waals surface area contributed by atoms with Gasteiger partial charge < -0.3 is 9.84 Å². The number of hydrogen-bond donors (Lipinski definition) is 1. The van der Waals surface area contributed by atoms with Crippen LogP contribution >= 0.6 is 0 Å². The molecule has 0 aromatic carbocycles. The molecule has 1 N–H and O–H groups in total. The molecule has 1 aliphatic rings. The van der Waals surface area contributed by atoms with Gasteiger partial charge in [-0.25, -0.2) is 0 Å². The highest BCUT2D eigenvalue weighted by Gasteiger charge is 2.16. The number of nitrogens with one attached hydrogen (secondary N) is 1. The van der Waals surface area contributed by atoms with Crippen LogP contribution in [0.4, 0.5) is 0 Å². The molecule has 0 aliphatic heterocycles. The van der Waals surface area contributed by atoms with Crippen LogP contribution in [0.3, 0.4) is 0 Å². The number of aromatic nitrogens is 1. The van der Waals surface area contributed by atoms with Gasteiger partial charge in [-0.2, -0.15) is 0 Å². The third-order valence-electron chi connectivity index (χ3n) is 2.58. The molecule has 1 atom stereocenters. The fourth-order valence-electron chi connectivity index (χ4n) is 1.78. The van der Waals surface area contributed by atoms with Crippen LogP contribution in [0.25, 0.3) is 0 Å². The van der Waals surface area contributed by atoms with E-state index >= 15 is 0 Å². The highest BCUT2D eigenvalue weighted by atomic mass is 16.5. The van der Waals surface area contributed by atoms with E-state index in [1.54, 1.807) is 0 Å². The number of hydrogen-bond acceptors (Lipinski definition) is 3. The first kappa shape index (κ1) is 9.46. The van der Waals surface area contributed by atoms with E-state index in [1.165, 1.54) is 0 Å². The quantitative estimate of drug-likeness (QED) is 0.747. The summed E-state index contributed by atoms with van der Waals surface area (Å²) in [4.78, 5) is 0. The van der Waals surface area contributed by atoms with Crippen molar-refractivity contribution in [2.45, 2.75) is 38.8 Å². The third-order valence-corrected chi connectivity index (χ3v) is 2.58. The lowest BCUT2D eigenvalue weighted by atomic mass is 10.1. The standard InChI is InChI=1S/C11H16N2O/c1-8-7-11(13-14-8)9(2)12-10-5-3-4-6-10/h3-4,7,9-10,12H,5-6H2,1-2H3. The summed E-state index contributed by atoms with van der Waals surface area (Å²) in [5.74, 6) is 0.873. The van der Waals surface area contributed by atoms with Gasteiger partial charge >= 0.3 is 0 Å². The minimum atomic E-state index is 0.275. The van der Waals surface area contributed by atoms with Crippen LogP contribution < -0.4 is 5.32 Å². The molecule has 1 aromatic heterocycles. The van der Waals surface area contributed by atoms with Gasteiger partial charge in [0.15, 0.2) is 0 Å². The van der Waals surface area contributed by atoms with Crippen molar-refractivity contribution >= 4 is 0 Å². The summed E-state index contributed by atoms with van der Waals surface area (Å²) in [7, 11) is 0. The predicted octanol–water partition coefficient (Wildman–Crippen LogP) is 2.35. The second kappa shape index (κ2) is 3.96. The monoisotopic (exact) mass is 192 g/mol. The van der Waals surface area contributed by atoms with Crippen molar-refractivity contribution in [1.29, 1.82) is 0 Å². The van der Waals surface area contributed by atoms with E-state index in [9.17, 15) is 0 Å². The molecule has 1 unspecified atom stereocenters. The zero-order valence-electron chi connectivity index (χ0n) is 8.66. The largest absolute Gasteiger partial charge is 0.361 e. The molecule has 3 nitrogen and oxygen atoms in total. The average Bonchev–Trinajstić information content (AvgIpc) is 2.75. The molecule has 0 bridgehead atoms. The molecule has 3 heteroatoms. The molecule has 0 amide bonds. The van der Waals surface area contributed by atoms with Crippen molar-refractivity contribution in [3.05, 3.63) is 29.7 Å². The maximum Gasteiger partial charge on any atom is 0.133 e. The molecule has 1 aromatic rings. The maximum absolute atomic E-state index is 5.04. The molecular formula is C11H16N2O. The Labute approximate surface area is 84.2 Å². The molecule has 0 fully saturated rings. The van der Waals surface area contributed by atoms with E-state index in [2.05, 4.69) is 29.5 Å². The molecule has 14 heavy (non-hydrogen) atoms. The van der Waals surface area contributed by atoms with Crippen LogP contribution in [0.5, 0.6) is 0 Å². The van der Waals surface area contributed by atoms with Gasteiger partial charge in [-0.05, 0) is 26.7 Å². The van der Waals surface area contributed by atoms with Gasteiger partial charge in [0.25, 0.3) is 0 Å². The van der Waals surface area contributed by atoms with Crippen molar-refractivity contribution < 1.29 is 4.52 Å². The molecular weight excluding hydrogens is 176 g/mol. The first-order valence-electron chi connectivity index (χ1n) is 5.10. The molecule has 0 saturated carbocycles. The molecule has 1 aliphatic carbocycles. The van der Waals surface area contributed by atoms with Crippen molar-refractivity contribution in [1.82, 2.24) is 10.5 Å². The second-order valence-electron chi connectivity index (χ2n) is 3.89. The SMILES string of the molecule is Cc1cc(C(C)NC2CC=CC2)no1. The number of rotatable bonds is 3. The van der Waals surface area contributed by atoms with Crippen LogP contribution in [0.15, 0.2) is 22.7 Å². The molecule has 0 radical (unpaired) electrons. The lowest BCUT2D eigenvalue weighted by Crippen LogP contribution is -2.29. The molecule has 0 spiro atoms. The van der Waals surface area contributed by atoms with Gasteiger partial charge in [-0.15, -0.1) is 0 Å². The van der Waals surface area contributed by atoms with Crippen LogP contribution in [-0.2, 0) is 0 Å². The fraction of sp³-hybridized carbons (Fsp3) is 0.545. The predicted molar refractivity (Wildman–Crippen MR) is 55.0 cm³/mol. The minimum absolute atomic E-state index is 0.275.